The van der Waals surface area contributed by atoms with E-state index < -0.39 is 11.8 Å². The number of hydrogen-bond acceptors (Lipinski definition) is 5. The van der Waals surface area contributed by atoms with E-state index in [0.29, 0.717) is 5.76 Å². The van der Waals surface area contributed by atoms with Crippen molar-refractivity contribution in [3.8, 4) is 0 Å². The molecule has 0 saturated heterocycles. The third-order valence-electron chi connectivity index (χ3n) is 4.84. The van der Waals surface area contributed by atoms with Gasteiger partial charge in [0.05, 0.1) is 19.1 Å². The van der Waals surface area contributed by atoms with Crippen LogP contribution in [0, 0.1) is 0 Å². The molecule has 28 heavy (non-hydrogen) atoms. The van der Waals surface area contributed by atoms with E-state index in [4.69, 9.17) is 8.83 Å². The number of nitrogens with zero attached hydrogens (tertiary/aromatic N) is 1. The van der Waals surface area contributed by atoms with Crippen molar-refractivity contribution in [3.63, 3.8) is 0 Å². The Morgan fingerprint density at radius 1 is 0.964 bits per heavy atom. The van der Waals surface area contributed by atoms with Crippen LogP contribution >= 0.6 is 0 Å². The fourth-order valence-corrected chi connectivity index (χ4v) is 3.46. The van der Waals surface area contributed by atoms with Gasteiger partial charge in [0.15, 0.2) is 0 Å². The summed E-state index contributed by atoms with van der Waals surface area (Å²) in [6.07, 6.45) is 4.07. The van der Waals surface area contributed by atoms with Gasteiger partial charge in [-0.3, -0.25) is 9.59 Å². The van der Waals surface area contributed by atoms with Crippen molar-refractivity contribution < 1.29 is 18.4 Å². The second-order valence-electron chi connectivity index (χ2n) is 6.58. The van der Waals surface area contributed by atoms with E-state index in [9.17, 15) is 9.59 Å². The van der Waals surface area contributed by atoms with Gasteiger partial charge in [-0.05, 0) is 42.3 Å². The lowest BCUT2D eigenvalue weighted by Gasteiger charge is -2.29. The maximum Gasteiger partial charge on any atom is 0.309 e. The van der Waals surface area contributed by atoms with Crippen molar-refractivity contribution in [1.29, 1.82) is 0 Å². The Hall–Kier alpha value is -3.48. The van der Waals surface area contributed by atoms with E-state index in [2.05, 4.69) is 27.7 Å². The smallest absolute Gasteiger partial charge is 0.309 e. The highest BCUT2D eigenvalue weighted by Gasteiger charge is 2.29. The lowest BCUT2D eigenvalue weighted by molar-refractivity contribution is -0.139. The van der Waals surface area contributed by atoms with E-state index in [0.717, 1.165) is 24.4 Å². The first-order chi connectivity index (χ1) is 13.7. The minimum Gasteiger partial charge on any atom is -0.467 e. The molecule has 1 atom stereocenters. The number of para-hydroxylation sites is 1. The second kappa shape index (κ2) is 8.04. The van der Waals surface area contributed by atoms with Gasteiger partial charge in [-0.1, -0.05) is 18.2 Å². The van der Waals surface area contributed by atoms with Gasteiger partial charge in [0.25, 0.3) is 0 Å². The van der Waals surface area contributed by atoms with E-state index in [1.54, 1.807) is 18.4 Å². The minimum absolute atomic E-state index is 0.167. The monoisotopic (exact) mass is 379 g/mol. The number of carbonyl (C=O) groups excluding carboxylic acids is 2. The number of furan rings is 2. The molecular formula is C21H21N3O4. The van der Waals surface area contributed by atoms with Crippen LogP contribution in [0.2, 0.25) is 0 Å². The summed E-state index contributed by atoms with van der Waals surface area (Å²) in [5.41, 5.74) is 2.39. The van der Waals surface area contributed by atoms with E-state index >= 15 is 0 Å². The van der Waals surface area contributed by atoms with Crippen molar-refractivity contribution in [3.05, 3.63) is 78.1 Å². The Kier molecular flexibility index (Phi) is 5.14. The third-order valence-corrected chi connectivity index (χ3v) is 4.84. The van der Waals surface area contributed by atoms with Crippen LogP contribution in [0.1, 0.15) is 23.1 Å². The van der Waals surface area contributed by atoms with Crippen molar-refractivity contribution >= 4 is 17.5 Å². The maximum absolute atomic E-state index is 12.2. The zero-order valence-corrected chi connectivity index (χ0v) is 15.3. The fourth-order valence-electron chi connectivity index (χ4n) is 3.46. The number of hydrogen-bond donors (Lipinski definition) is 2. The average Bonchev–Trinajstić information content (AvgIpc) is 3.48. The number of anilines is 1. The van der Waals surface area contributed by atoms with E-state index in [-0.39, 0.29) is 19.1 Å². The Labute approximate surface area is 162 Å². The molecule has 2 amide bonds. The molecule has 0 aliphatic carbocycles. The van der Waals surface area contributed by atoms with E-state index in [1.807, 2.05) is 24.3 Å². The molecular weight excluding hydrogens is 358 g/mol. The maximum atomic E-state index is 12.2. The second-order valence-corrected chi connectivity index (χ2v) is 6.58. The van der Waals surface area contributed by atoms with Gasteiger partial charge < -0.3 is 24.4 Å². The highest BCUT2D eigenvalue weighted by Crippen LogP contribution is 2.34. The van der Waals surface area contributed by atoms with Crippen LogP contribution < -0.4 is 15.5 Å². The molecule has 3 heterocycles. The molecule has 0 radical (unpaired) electrons. The van der Waals surface area contributed by atoms with E-state index in [1.165, 1.54) is 11.8 Å². The van der Waals surface area contributed by atoms with Crippen LogP contribution in [0.25, 0.3) is 0 Å². The van der Waals surface area contributed by atoms with Crippen molar-refractivity contribution in [2.24, 2.45) is 0 Å². The predicted octanol–water partition coefficient (Wildman–Crippen LogP) is 2.41. The molecule has 1 aromatic carbocycles. The van der Waals surface area contributed by atoms with Crippen LogP contribution in [-0.4, -0.2) is 24.9 Å². The summed E-state index contributed by atoms with van der Waals surface area (Å²) in [5, 5.41) is 5.27. The average molecular weight is 379 g/mol. The number of fused-ring (bicyclic) bond motifs is 1. The lowest BCUT2D eigenvalue weighted by atomic mass is 10.1. The van der Waals surface area contributed by atoms with Gasteiger partial charge in [0.1, 0.15) is 17.6 Å². The Morgan fingerprint density at radius 2 is 1.75 bits per heavy atom. The Bertz CT molecular complexity index is 934. The molecule has 0 bridgehead atoms. The van der Waals surface area contributed by atoms with Crippen LogP contribution in [0.4, 0.5) is 5.69 Å². The van der Waals surface area contributed by atoms with Gasteiger partial charge in [0, 0.05) is 18.8 Å². The van der Waals surface area contributed by atoms with Crippen molar-refractivity contribution in [2.75, 3.05) is 18.0 Å². The van der Waals surface area contributed by atoms with Crippen LogP contribution in [0.5, 0.6) is 0 Å². The first-order valence-electron chi connectivity index (χ1n) is 9.19. The first kappa shape index (κ1) is 17.9. The zero-order chi connectivity index (χ0) is 19.3. The zero-order valence-electron chi connectivity index (χ0n) is 15.3. The molecule has 4 rings (SSSR count). The summed E-state index contributed by atoms with van der Waals surface area (Å²) in [6, 6.07) is 15.2. The summed E-state index contributed by atoms with van der Waals surface area (Å²) in [6.45, 7) is 1.25. The molecule has 0 saturated carbocycles. The standard InChI is InChI=1S/C21H21N3O4/c25-20(22-13-16-6-3-11-27-16)21(26)23-14-18(19-8-4-12-28-19)24-10-9-15-5-1-2-7-17(15)24/h1-8,11-12,18H,9-10,13-14H2,(H,22,25)(H,23,26). The lowest BCUT2D eigenvalue weighted by Crippen LogP contribution is -2.43. The molecule has 1 aliphatic heterocycles. The molecule has 3 aromatic rings. The minimum atomic E-state index is -0.698. The SMILES string of the molecule is O=C(NCc1ccco1)C(=O)NCC(c1ccco1)N1CCc2ccccc21. The van der Waals surface area contributed by atoms with Crippen molar-refractivity contribution in [2.45, 2.75) is 19.0 Å². The molecule has 1 aliphatic rings. The molecule has 0 fully saturated rings. The summed E-state index contributed by atoms with van der Waals surface area (Å²) in [7, 11) is 0. The summed E-state index contributed by atoms with van der Waals surface area (Å²) in [5.74, 6) is -0.0525. The Balaban J connectivity index is 1.41. The van der Waals surface area contributed by atoms with Gasteiger partial charge in [-0.15, -0.1) is 0 Å². The molecule has 7 heteroatoms. The van der Waals surface area contributed by atoms with Gasteiger partial charge in [-0.2, -0.15) is 0 Å². The molecule has 0 spiro atoms. The highest BCUT2D eigenvalue weighted by atomic mass is 16.3. The number of nitrogens with one attached hydrogen (secondary N) is 2. The molecule has 2 N–H and O–H groups in total. The number of carbonyl (C=O) groups is 2. The number of rotatable bonds is 6. The van der Waals surface area contributed by atoms with Gasteiger partial charge >= 0.3 is 11.8 Å². The Morgan fingerprint density at radius 3 is 2.54 bits per heavy atom. The molecule has 1 unspecified atom stereocenters. The number of benzene rings is 1. The summed E-state index contributed by atoms with van der Waals surface area (Å²) >= 11 is 0. The third kappa shape index (κ3) is 3.78. The van der Waals surface area contributed by atoms with Crippen LogP contribution in [0.3, 0.4) is 0 Å². The first-order valence-corrected chi connectivity index (χ1v) is 9.19. The fraction of sp³-hybridized carbons (Fsp3) is 0.238. The normalized spacial score (nSPS) is 13.8. The van der Waals surface area contributed by atoms with Crippen LogP contribution in [0.15, 0.2) is 69.9 Å². The summed E-state index contributed by atoms with van der Waals surface area (Å²) < 4.78 is 10.8. The van der Waals surface area contributed by atoms with Gasteiger partial charge in [0.2, 0.25) is 0 Å². The predicted molar refractivity (Wildman–Crippen MR) is 103 cm³/mol. The van der Waals surface area contributed by atoms with Gasteiger partial charge in [-0.25, -0.2) is 0 Å². The highest BCUT2D eigenvalue weighted by molar-refractivity contribution is 6.35. The van der Waals surface area contributed by atoms with Crippen LogP contribution in [-0.2, 0) is 22.6 Å². The summed E-state index contributed by atoms with van der Waals surface area (Å²) in [4.78, 5) is 26.5. The quantitative estimate of drug-likeness (QED) is 0.642. The number of amides is 2. The largest absolute Gasteiger partial charge is 0.467 e. The molecule has 144 valence electrons. The molecule has 7 nitrogen and oxygen atoms in total. The van der Waals surface area contributed by atoms with Crippen molar-refractivity contribution in [1.82, 2.24) is 10.6 Å². The molecule has 2 aromatic heterocycles. The topological polar surface area (TPSA) is 87.7 Å².